The molecule has 0 N–H and O–H groups in total. The Labute approximate surface area is 119 Å². The molecule has 23 heavy (non-hydrogen) atoms. The second-order valence-electron chi connectivity index (χ2n) is 4.39. The summed E-state index contributed by atoms with van der Waals surface area (Å²) in [7, 11) is 0. The number of rotatable bonds is 8. The highest BCUT2D eigenvalue weighted by Gasteiger charge is 2.75. The maximum Gasteiger partial charge on any atom is 0.405 e. The van der Waals surface area contributed by atoms with Crippen LogP contribution in [-0.4, -0.2) is 43.6 Å². The van der Waals surface area contributed by atoms with Gasteiger partial charge >= 0.3 is 17.9 Å². The molecular weight excluding hydrogens is 371 g/mol. The lowest BCUT2D eigenvalue weighted by molar-refractivity contribution is -0.469. The molecule has 0 atom stereocenters. The summed E-state index contributed by atoms with van der Waals surface area (Å²) in [5.74, 6) is 0. The van der Waals surface area contributed by atoms with Crippen molar-refractivity contribution in [3.05, 3.63) is 0 Å². The number of ether oxygens (including phenoxy) is 1. The van der Waals surface area contributed by atoms with Crippen LogP contribution < -0.4 is 0 Å². The highest BCUT2D eigenvalue weighted by Crippen LogP contribution is 2.53. The largest absolute Gasteiger partial charge is 0.405 e. The third-order valence-corrected chi connectivity index (χ3v) is 2.87. The van der Waals surface area contributed by atoms with Crippen LogP contribution in [0.4, 0.5) is 57.1 Å². The minimum Gasteiger partial charge on any atom is -0.252 e. The normalized spacial score (nSPS) is 15.4. The summed E-state index contributed by atoms with van der Waals surface area (Å²) in [5, 5.41) is 0. The Morgan fingerprint density at radius 1 is 0.565 bits per heavy atom. The molecule has 0 unspecified atom stereocenters. The first kappa shape index (κ1) is 22.1. The van der Waals surface area contributed by atoms with Gasteiger partial charge in [-0.25, -0.2) is 39.5 Å². The van der Waals surface area contributed by atoms with Gasteiger partial charge in [-0.1, -0.05) is 0 Å². The lowest BCUT2D eigenvalue weighted by atomic mass is 9.90. The van der Waals surface area contributed by atoms with Gasteiger partial charge in [0.2, 0.25) is 0 Å². The van der Waals surface area contributed by atoms with Crippen LogP contribution in [0.2, 0.25) is 0 Å². The quantitative estimate of drug-likeness (QED) is 0.543. The molecule has 0 aliphatic heterocycles. The van der Waals surface area contributed by atoms with E-state index < -0.39 is 55.9 Å². The van der Waals surface area contributed by atoms with Crippen molar-refractivity contribution in [2.45, 2.75) is 50.5 Å². The van der Waals surface area contributed by atoms with Crippen molar-refractivity contribution in [3.63, 3.8) is 0 Å². The molecule has 0 spiro atoms. The Kier molecular flexibility index (Phi) is 6.24. The van der Waals surface area contributed by atoms with Gasteiger partial charge in [-0.2, -0.15) is 17.6 Å². The predicted octanol–water partition coefficient (Wildman–Crippen LogP) is 4.96. The van der Waals surface area contributed by atoms with E-state index in [1.165, 1.54) is 0 Å². The second-order valence-corrected chi connectivity index (χ2v) is 4.39. The van der Waals surface area contributed by atoms with Crippen LogP contribution in [-0.2, 0) is 4.74 Å². The van der Waals surface area contributed by atoms with Gasteiger partial charge in [0, 0.05) is 0 Å². The molecule has 0 aliphatic carbocycles. The van der Waals surface area contributed by atoms with Crippen molar-refractivity contribution in [3.8, 4) is 0 Å². The van der Waals surface area contributed by atoms with Gasteiger partial charge in [0.25, 0.3) is 25.7 Å². The molecule has 0 saturated heterocycles. The summed E-state index contributed by atoms with van der Waals surface area (Å²) in [6, 6.07) is 0. The third kappa shape index (κ3) is 3.45. The van der Waals surface area contributed by atoms with Gasteiger partial charge in [-0.3, -0.25) is 4.74 Å². The highest BCUT2D eigenvalue weighted by molar-refractivity contribution is 4.97. The van der Waals surface area contributed by atoms with Crippen LogP contribution >= 0.6 is 0 Å². The first-order valence-corrected chi connectivity index (χ1v) is 5.25. The molecule has 0 rings (SSSR count). The third-order valence-electron chi connectivity index (χ3n) is 2.87. The van der Waals surface area contributed by atoms with Crippen molar-refractivity contribution in [2.24, 2.45) is 5.41 Å². The number of hydrogen-bond acceptors (Lipinski definition) is 1. The summed E-state index contributed by atoms with van der Waals surface area (Å²) < 4.78 is 165. The summed E-state index contributed by atoms with van der Waals surface area (Å²) >= 11 is 0. The average Bonchev–Trinajstić information content (AvgIpc) is 2.33. The number of hydrogen-bond donors (Lipinski definition) is 0. The molecule has 0 amide bonds. The van der Waals surface area contributed by atoms with Crippen LogP contribution in [0.5, 0.6) is 0 Å². The Bertz CT molecular complexity index is 341. The molecule has 0 aromatic heterocycles. The van der Waals surface area contributed by atoms with Crippen LogP contribution in [0.25, 0.3) is 0 Å². The van der Waals surface area contributed by atoms with Crippen molar-refractivity contribution in [1.82, 2.24) is 0 Å². The Hall–Kier alpha value is -0.950. The molecule has 0 bridgehead atoms. The van der Waals surface area contributed by atoms with Gasteiger partial charge < -0.3 is 0 Å². The van der Waals surface area contributed by atoms with E-state index >= 15 is 0 Å². The number of halogens is 13. The summed E-state index contributed by atoms with van der Waals surface area (Å²) in [6.07, 6.45) is -33.3. The van der Waals surface area contributed by atoms with Gasteiger partial charge in [0.05, 0.1) is 0 Å². The van der Waals surface area contributed by atoms with Crippen molar-refractivity contribution < 1.29 is 61.8 Å². The summed E-state index contributed by atoms with van der Waals surface area (Å²) in [5.41, 5.74) is -11.4. The van der Waals surface area contributed by atoms with E-state index in [1.807, 2.05) is 4.74 Å². The molecule has 0 saturated carbocycles. The van der Waals surface area contributed by atoms with Gasteiger partial charge in [-0.15, -0.1) is 0 Å². The Balaban J connectivity index is 5.92. The Morgan fingerprint density at radius 3 is 1.09 bits per heavy atom. The van der Waals surface area contributed by atoms with Gasteiger partial charge in [0.15, 0.2) is 5.41 Å². The lowest BCUT2D eigenvalue weighted by Crippen LogP contribution is -2.62. The van der Waals surface area contributed by atoms with E-state index in [0.29, 0.717) is 0 Å². The smallest absolute Gasteiger partial charge is 0.252 e. The number of alkyl halides is 13. The first-order chi connectivity index (χ1) is 9.98. The van der Waals surface area contributed by atoms with E-state index in [-0.39, 0.29) is 0 Å². The zero-order valence-corrected chi connectivity index (χ0v) is 10.6. The van der Waals surface area contributed by atoms with Crippen molar-refractivity contribution in [2.75, 3.05) is 0 Å². The molecule has 0 radical (unpaired) electrons. The zero-order chi connectivity index (χ0) is 19.0. The van der Waals surface area contributed by atoms with Gasteiger partial charge in [0.1, 0.15) is 0 Å². The van der Waals surface area contributed by atoms with Crippen LogP contribution in [0.3, 0.4) is 0 Å². The van der Waals surface area contributed by atoms with E-state index in [2.05, 4.69) is 0 Å². The van der Waals surface area contributed by atoms with Crippen LogP contribution in [0.1, 0.15) is 6.92 Å². The SMILES string of the molecule is CC(C(F)F)(C(F)F)C(F)(F)OC(F)(F)C(F)(C(F)F)C(F)F. The average molecular weight is 378 g/mol. The zero-order valence-electron chi connectivity index (χ0n) is 10.6. The van der Waals surface area contributed by atoms with E-state index in [9.17, 15) is 57.1 Å². The maximum absolute atomic E-state index is 13.2. The molecule has 140 valence electrons. The fourth-order valence-corrected chi connectivity index (χ4v) is 1.05. The topological polar surface area (TPSA) is 9.23 Å². The molecule has 0 fully saturated rings. The van der Waals surface area contributed by atoms with Gasteiger partial charge in [-0.05, 0) is 6.92 Å². The molecule has 0 aromatic carbocycles. The Morgan fingerprint density at radius 2 is 0.870 bits per heavy atom. The molecular formula is C9H7F13O. The predicted molar refractivity (Wildman–Crippen MR) is 46.9 cm³/mol. The lowest BCUT2D eigenvalue weighted by Gasteiger charge is -2.39. The molecule has 0 aromatic rings. The molecule has 0 aliphatic rings. The summed E-state index contributed by atoms with van der Waals surface area (Å²) in [4.78, 5) is 0. The van der Waals surface area contributed by atoms with Crippen LogP contribution in [0, 0.1) is 5.41 Å². The van der Waals surface area contributed by atoms with E-state index in [0.717, 1.165) is 0 Å². The van der Waals surface area contributed by atoms with Crippen LogP contribution in [0.15, 0.2) is 0 Å². The maximum atomic E-state index is 13.2. The molecule has 0 heterocycles. The minimum atomic E-state index is -6.77. The highest BCUT2D eigenvalue weighted by atomic mass is 19.3. The minimum absolute atomic E-state index is 0.678. The molecule has 1 nitrogen and oxygen atoms in total. The standard InChI is InChI=1S/C9H7F13O/c1-6(2(10)11,3(12)13)8(19,20)23-9(21,22)7(18,4(14)15)5(16)17/h2-5H,1H3. The van der Waals surface area contributed by atoms with Crippen molar-refractivity contribution >= 4 is 0 Å². The first-order valence-electron chi connectivity index (χ1n) is 5.25. The molecule has 14 heteroatoms. The summed E-state index contributed by atoms with van der Waals surface area (Å²) in [6.45, 7) is -0.678. The van der Waals surface area contributed by atoms with E-state index in [4.69, 9.17) is 0 Å². The fourth-order valence-electron chi connectivity index (χ4n) is 1.05. The van der Waals surface area contributed by atoms with E-state index in [1.54, 1.807) is 0 Å². The van der Waals surface area contributed by atoms with Crippen molar-refractivity contribution in [1.29, 1.82) is 0 Å². The fraction of sp³-hybridized carbons (Fsp3) is 1.00. The second kappa shape index (κ2) is 6.51. The monoisotopic (exact) mass is 378 g/mol.